The van der Waals surface area contributed by atoms with Crippen molar-refractivity contribution in [2.45, 2.75) is 52.5 Å². The van der Waals surface area contributed by atoms with Gasteiger partial charge in [-0.2, -0.15) is 0 Å². The summed E-state index contributed by atoms with van der Waals surface area (Å²) >= 11 is 0. The number of aromatic nitrogens is 2. The van der Waals surface area contributed by atoms with E-state index in [0.717, 1.165) is 24.2 Å². The van der Waals surface area contributed by atoms with Gasteiger partial charge in [0, 0.05) is 13.0 Å². The number of hydrogen-bond acceptors (Lipinski definition) is 6. The van der Waals surface area contributed by atoms with Gasteiger partial charge >= 0.3 is 0 Å². The summed E-state index contributed by atoms with van der Waals surface area (Å²) in [5, 5.41) is 0.520. The van der Waals surface area contributed by atoms with Gasteiger partial charge in [-0.15, -0.1) is 0 Å². The number of carbonyl (C=O) groups is 1. The average Bonchev–Trinajstić information content (AvgIpc) is 3.00. The van der Waals surface area contributed by atoms with Gasteiger partial charge in [0.2, 0.25) is 5.91 Å². The molecule has 0 aliphatic heterocycles. The van der Waals surface area contributed by atoms with E-state index in [0.29, 0.717) is 59.9 Å². The molecule has 0 saturated heterocycles. The van der Waals surface area contributed by atoms with Crippen LogP contribution in [0.3, 0.4) is 0 Å². The van der Waals surface area contributed by atoms with E-state index in [4.69, 9.17) is 19.2 Å². The lowest BCUT2D eigenvalue weighted by atomic mass is 10.1. The highest BCUT2D eigenvalue weighted by molar-refractivity contribution is 5.79. The number of nitrogens with zero attached hydrogens (tertiary/aromatic N) is 3. The van der Waals surface area contributed by atoms with Crippen LogP contribution in [-0.2, 0) is 11.2 Å². The van der Waals surface area contributed by atoms with Crippen molar-refractivity contribution in [3.8, 4) is 22.9 Å². The molecule has 0 bridgehead atoms. The van der Waals surface area contributed by atoms with Gasteiger partial charge in [-0.25, -0.2) is 4.98 Å². The molecule has 8 nitrogen and oxygen atoms in total. The highest BCUT2D eigenvalue weighted by atomic mass is 16.5. The standard InChI is InChI=1S/C33H39N3O5/c1-6-8-13-31(37)35(21-20-24-14-19-29(39-4)30(22-24)40-5)23(3)32-34-28-12-10-9-11-27(28)33(38)36(32)25-15-17-26(18-16-25)41-7-2/h9-12,14-19,22-23H,6-8,13,20-21H2,1-5H3. The Bertz CT molecular complexity index is 1530. The predicted octanol–water partition coefficient (Wildman–Crippen LogP) is 6.12. The molecule has 4 aromatic rings. The zero-order chi connectivity index (χ0) is 29.4. The lowest BCUT2D eigenvalue weighted by Crippen LogP contribution is -2.38. The first-order valence-corrected chi connectivity index (χ1v) is 14.2. The van der Waals surface area contributed by atoms with E-state index >= 15 is 0 Å². The van der Waals surface area contributed by atoms with Gasteiger partial charge in [0.25, 0.3) is 5.56 Å². The molecule has 0 spiro atoms. The van der Waals surface area contributed by atoms with Crippen molar-refractivity contribution >= 4 is 16.8 Å². The summed E-state index contributed by atoms with van der Waals surface area (Å²) in [7, 11) is 3.21. The Morgan fingerprint density at radius 2 is 1.71 bits per heavy atom. The second-order valence-electron chi connectivity index (χ2n) is 9.86. The maximum atomic E-state index is 13.9. The molecule has 1 unspecified atom stereocenters. The number of carbonyl (C=O) groups excluding carboxylic acids is 1. The SMILES string of the molecule is CCCCC(=O)N(CCc1ccc(OC)c(OC)c1)C(C)c1nc2ccccc2c(=O)n1-c1ccc(OCC)cc1. The molecule has 1 amide bonds. The van der Waals surface area contributed by atoms with Gasteiger partial charge in [0.1, 0.15) is 11.6 Å². The van der Waals surface area contributed by atoms with E-state index in [1.54, 1.807) is 24.9 Å². The summed E-state index contributed by atoms with van der Waals surface area (Å²) in [6.07, 6.45) is 2.72. The monoisotopic (exact) mass is 557 g/mol. The lowest BCUT2D eigenvalue weighted by Gasteiger charge is -2.31. The van der Waals surface area contributed by atoms with Crippen molar-refractivity contribution in [2.24, 2.45) is 0 Å². The second-order valence-corrected chi connectivity index (χ2v) is 9.86. The predicted molar refractivity (Wildman–Crippen MR) is 161 cm³/mol. The number of para-hydroxylation sites is 1. The highest BCUT2D eigenvalue weighted by Crippen LogP contribution is 2.29. The molecular weight excluding hydrogens is 518 g/mol. The van der Waals surface area contributed by atoms with Crippen LogP contribution in [0, 0.1) is 0 Å². The van der Waals surface area contributed by atoms with Crippen molar-refractivity contribution in [2.75, 3.05) is 27.4 Å². The van der Waals surface area contributed by atoms with Crippen LogP contribution in [0.1, 0.15) is 57.5 Å². The normalized spacial score (nSPS) is 11.7. The lowest BCUT2D eigenvalue weighted by molar-refractivity contribution is -0.133. The molecule has 1 aromatic heterocycles. The molecule has 0 fully saturated rings. The number of rotatable bonds is 13. The first kappa shape index (κ1) is 29.6. The van der Waals surface area contributed by atoms with Crippen LogP contribution in [-0.4, -0.2) is 47.7 Å². The zero-order valence-corrected chi connectivity index (χ0v) is 24.6. The van der Waals surface area contributed by atoms with E-state index in [1.807, 2.05) is 79.4 Å². The molecule has 0 radical (unpaired) electrons. The van der Waals surface area contributed by atoms with Crippen molar-refractivity contribution in [1.82, 2.24) is 14.5 Å². The van der Waals surface area contributed by atoms with Crippen molar-refractivity contribution in [3.05, 3.63) is 88.5 Å². The number of ether oxygens (including phenoxy) is 3. The fourth-order valence-electron chi connectivity index (χ4n) is 4.97. The van der Waals surface area contributed by atoms with Crippen LogP contribution in [0.2, 0.25) is 0 Å². The molecule has 3 aromatic carbocycles. The van der Waals surface area contributed by atoms with Crippen LogP contribution >= 0.6 is 0 Å². The molecule has 8 heteroatoms. The van der Waals surface area contributed by atoms with Gasteiger partial charge in [0.05, 0.1) is 43.5 Å². The highest BCUT2D eigenvalue weighted by Gasteiger charge is 2.26. The Hall–Kier alpha value is -4.33. The summed E-state index contributed by atoms with van der Waals surface area (Å²) in [6, 6.07) is 20.0. The summed E-state index contributed by atoms with van der Waals surface area (Å²) in [4.78, 5) is 34.3. The van der Waals surface area contributed by atoms with E-state index in [1.165, 1.54) is 0 Å². The van der Waals surface area contributed by atoms with Crippen LogP contribution in [0.25, 0.3) is 16.6 Å². The summed E-state index contributed by atoms with van der Waals surface area (Å²) in [5.74, 6) is 2.55. The quantitative estimate of drug-likeness (QED) is 0.197. The number of fused-ring (bicyclic) bond motifs is 1. The third-order valence-corrected chi connectivity index (χ3v) is 7.20. The van der Waals surface area contributed by atoms with Crippen LogP contribution < -0.4 is 19.8 Å². The van der Waals surface area contributed by atoms with E-state index in [-0.39, 0.29) is 11.5 Å². The Morgan fingerprint density at radius 3 is 2.39 bits per heavy atom. The smallest absolute Gasteiger partial charge is 0.266 e. The minimum absolute atomic E-state index is 0.0282. The van der Waals surface area contributed by atoms with Crippen molar-refractivity contribution in [3.63, 3.8) is 0 Å². The van der Waals surface area contributed by atoms with Gasteiger partial charge in [0.15, 0.2) is 11.5 Å². The number of unbranched alkanes of at least 4 members (excludes halogenated alkanes) is 1. The summed E-state index contributed by atoms with van der Waals surface area (Å²) < 4.78 is 18.1. The topological polar surface area (TPSA) is 82.9 Å². The van der Waals surface area contributed by atoms with Crippen LogP contribution in [0.15, 0.2) is 71.5 Å². The van der Waals surface area contributed by atoms with Crippen LogP contribution in [0.5, 0.6) is 17.2 Å². The second kappa shape index (κ2) is 13.8. The molecule has 0 N–H and O–H groups in total. The minimum Gasteiger partial charge on any atom is -0.494 e. The molecular formula is C33H39N3O5. The molecule has 216 valence electrons. The van der Waals surface area contributed by atoms with Gasteiger partial charge in [-0.3, -0.25) is 14.2 Å². The molecule has 1 atom stereocenters. The molecule has 0 saturated carbocycles. The summed E-state index contributed by atoms with van der Waals surface area (Å²) in [5.41, 5.74) is 2.10. The first-order chi connectivity index (χ1) is 19.9. The van der Waals surface area contributed by atoms with E-state index in [2.05, 4.69) is 6.92 Å². The largest absolute Gasteiger partial charge is 0.494 e. The third kappa shape index (κ3) is 6.70. The maximum Gasteiger partial charge on any atom is 0.266 e. The first-order valence-electron chi connectivity index (χ1n) is 14.2. The zero-order valence-electron chi connectivity index (χ0n) is 24.6. The third-order valence-electron chi connectivity index (χ3n) is 7.20. The van der Waals surface area contributed by atoms with Crippen molar-refractivity contribution in [1.29, 1.82) is 0 Å². The van der Waals surface area contributed by atoms with Gasteiger partial charge in [-0.05, 0) is 80.8 Å². The molecule has 41 heavy (non-hydrogen) atoms. The summed E-state index contributed by atoms with van der Waals surface area (Å²) in [6.45, 7) is 6.94. The number of methoxy groups -OCH3 is 2. The van der Waals surface area contributed by atoms with Gasteiger partial charge < -0.3 is 19.1 Å². The fraction of sp³-hybridized carbons (Fsp3) is 0.364. The Morgan fingerprint density at radius 1 is 0.976 bits per heavy atom. The Balaban J connectivity index is 1.77. The van der Waals surface area contributed by atoms with E-state index < -0.39 is 6.04 Å². The average molecular weight is 558 g/mol. The maximum absolute atomic E-state index is 13.9. The number of amides is 1. The molecule has 4 rings (SSSR count). The van der Waals surface area contributed by atoms with Crippen molar-refractivity contribution < 1.29 is 19.0 Å². The number of hydrogen-bond donors (Lipinski definition) is 0. The number of benzene rings is 3. The minimum atomic E-state index is -0.469. The molecule has 0 aliphatic carbocycles. The van der Waals surface area contributed by atoms with Gasteiger partial charge in [-0.1, -0.05) is 31.5 Å². The fourth-order valence-corrected chi connectivity index (χ4v) is 4.97. The molecule has 0 aliphatic rings. The van der Waals surface area contributed by atoms with E-state index in [9.17, 15) is 9.59 Å². The Kier molecular flexibility index (Phi) is 10.0. The van der Waals surface area contributed by atoms with Crippen LogP contribution in [0.4, 0.5) is 0 Å². The Labute approximate surface area is 241 Å². The molecule has 1 heterocycles.